The van der Waals surface area contributed by atoms with Gasteiger partial charge in [-0.1, -0.05) is 0 Å². The van der Waals surface area contributed by atoms with Crippen molar-refractivity contribution >= 4 is 11.6 Å². The van der Waals surface area contributed by atoms with Crippen LogP contribution in [0.2, 0.25) is 0 Å². The fourth-order valence-corrected chi connectivity index (χ4v) is 4.06. The summed E-state index contributed by atoms with van der Waals surface area (Å²) < 4.78 is 89.3. The van der Waals surface area contributed by atoms with Crippen LogP contribution in [0.3, 0.4) is 0 Å². The minimum Gasteiger partial charge on any atom is -0.456 e. The monoisotopic (exact) mass is 538 g/mol. The number of ether oxygens (including phenoxy) is 1. The fraction of sp³-hybridized carbons (Fsp3) is 0.296. The second-order valence-electron chi connectivity index (χ2n) is 9.13. The normalized spacial score (nSPS) is 15.2. The van der Waals surface area contributed by atoms with Crippen LogP contribution in [0.4, 0.5) is 32.0 Å². The van der Waals surface area contributed by atoms with Crippen LogP contribution >= 0.6 is 0 Å². The molecule has 3 aromatic rings. The molecule has 0 saturated heterocycles. The first-order chi connectivity index (χ1) is 17.9. The van der Waals surface area contributed by atoms with Crippen LogP contribution in [0, 0.1) is 18.6 Å². The summed E-state index contributed by atoms with van der Waals surface area (Å²) >= 11 is 0. The molecule has 0 radical (unpaired) electrons. The molecule has 0 aliphatic heterocycles. The lowest BCUT2D eigenvalue weighted by molar-refractivity contribution is -0.138. The van der Waals surface area contributed by atoms with Crippen LogP contribution in [0.25, 0.3) is 0 Å². The predicted molar refractivity (Wildman–Crippen MR) is 128 cm³/mol. The van der Waals surface area contributed by atoms with E-state index in [1.54, 1.807) is 0 Å². The summed E-state index contributed by atoms with van der Waals surface area (Å²) in [4.78, 5) is 13.2. The van der Waals surface area contributed by atoms with Gasteiger partial charge in [0.25, 0.3) is 5.91 Å². The number of carbonyl (C=O) groups is 1. The molecule has 4 rings (SSSR count). The largest absolute Gasteiger partial charge is 0.456 e. The number of amides is 1. The third-order valence-corrected chi connectivity index (χ3v) is 6.25. The quantitative estimate of drug-likeness (QED) is 0.284. The number of nitrogens with two attached hydrogens (primary N) is 1. The van der Waals surface area contributed by atoms with Crippen molar-refractivity contribution in [2.75, 3.05) is 11.9 Å². The SMILES string of the molecule is Cc1cc(F)ccc1Oc1cc(C2CC2)c(C(F)(F)F)cc1C(=O)Nc1ccc(F)c(C(N)C(F)CO)c1. The minimum absolute atomic E-state index is 0.0168. The highest BCUT2D eigenvalue weighted by molar-refractivity contribution is 6.06. The van der Waals surface area contributed by atoms with Crippen LogP contribution in [0.5, 0.6) is 11.5 Å². The van der Waals surface area contributed by atoms with Gasteiger partial charge in [-0.3, -0.25) is 4.79 Å². The highest BCUT2D eigenvalue weighted by Gasteiger charge is 2.40. The lowest BCUT2D eigenvalue weighted by Crippen LogP contribution is -2.26. The lowest BCUT2D eigenvalue weighted by atomic mass is 9.98. The maximum Gasteiger partial charge on any atom is 0.416 e. The highest BCUT2D eigenvalue weighted by atomic mass is 19.4. The summed E-state index contributed by atoms with van der Waals surface area (Å²) in [5.41, 5.74) is 4.11. The third kappa shape index (κ3) is 5.94. The predicted octanol–water partition coefficient (Wildman–Crippen LogP) is 6.54. The van der Waals surface area contributed by atoms with Crippen LogP contribution in [-0.2, 0) is 6.18 Å². The smallest absolute Gasteiger partial charge is 0.416 e. The van der Waals surface area contributed by atoms with E-state index in [1.807, 2.05) is 0 Å². The van der Waals surface area contributed by atoms with Crippen molar-refractivity contribution in [2.24, 2.45) is 5.73 Å². The number of hydrogen-bond donors (Lipinski definition) is 3. The average Bonchev–Trinajstić information content (AvgIpc) is 3.70. The Morgan fingerprint density at radius 1 is 1.11 bits per heavy atom. The molecule has 5 nitrogen and oxygen atoms in total. The number of aliphatic hydroxyl groups excluding tert-OH is 1. The molecule has 2 atom stereocenters. The Morgan fingerprint density at radius 2 is 1.82 bits per heavy atom. The average molecular weight is 538 g/mol. The number of anilines is 1. The topological polar surface area (TPSA) is 84.6 Å². The Morgan fingerprint density at radius 3 is 2.42 bits per heavy atom. The van der Waals surface area contributed by atoms with Crippen molar-refractivity contribution in [2.45, 2.75) is 44.1 Å². The van der Waals surface area contributed by atoms with E-state index in [-0.39, 0.29) is 34.2 Å². The molecule has 202 valence electrons. The van der Waals surface area contributed by atoms with Gasteiger partial charge in [-0.2, -0.15) is 13.2 Å². The molecule has 11 heteroatoms. The van der Waals surface area contributed by atoms with Crippen LogP contribution in [0.15, 0.2) is 48.5 Å². The molecule has 1 amide bonds. The van der Waals surface area contributed by atoms with E-state index in [1.165, 1.54) is 25.1 Å². The molecule has 0 bridgehead atoms. The molecule has 1 aliphatic carbocycles. The maximum absolute atomic E-state index is 14.2. The van der Waals surface area contributed by atoms with Gasteiger partial charge >= 0.3 is 6.18 Å². The van der Waals surface area contributed by atoms with E-state index in [2.05, 4.69) is 5.32 Å². The Balaban J connectivity index is 1.76. The summed E-state index contributed by atoms with van der Waals surface area (Å²) in [6, 6.07) is 6.96. The fourth-order valence-electron chi connectivity index (χ4n) is 4.06. The van der Waals surface area contributed by atoms with Gasteiger partial charge in [0.05, 0.1) is 23.8 Å². The standard InChI is InChI=1S/C27H24F6N2O3/c1-13-8-15(28)4-7-23(13)38-24-11-17(14-2-3-14)20(27(31,32)33)10-19(24)26(37)35-16-5-6-21(29)18(9-16)25(34)22(30)12-36/h4-11,14,22,25,36H,2-3,12,34H2,1H3,(H,35,37). The Hall–Kier alpha value is -3.57. The molecule has 0 heterocycles. The van der Waals surface area contributed by atoms with E-state index >= 15 is 0 Å². The van der Waals surface area contributed by atoms with Gasteiger partial charge < -0.3 is 20.9 Å². The first-order valence-electron chi connectivity index (χ1n) is 11.7. The third-order valence-electron chi connectivity index (χ3n) is 6.25. The molecule has 1 aliphatic rings. The van der Waals surface area contributed by atoms with E-state index < -0.39 is 53.7 Å². The van der Waals surface area contributed by atoms with Gasteiger partial charge in [0.1, 0.15) is 29.3 Å². The van der Waals surface area contributed by atoms with Gasteiger partial charge in [0, 0.05) is 11.3 Å². The molecule has 4 N–H and O–H groups in total. The zero-order valence-corrected chi connectivity index (χ0v) is 20.1. The number of rotatable bonds is 8. The number of aryl methyl sites for hydroxylation is 1. The highest BCUT2D eigenvalue weighted by Crippen LogP contribution is 2.48. The van der Waals surface area contributed by atoms with Crippen molar-refractivity contribution in [3.63, 3.8) is 0 Å². The molecular formula is C27H24F6N2O3. The van der Waals surface area contributed by atoms with Crippen molar-refractivity contribution in [3.05, 3.63) is 88.0 Å². The van der Waals surface area contributed by atoms with Crippen LogP contribution < -0.4 is 15.8 Å². The van der Waals surface area contributed by atoms with Gasteiger partial charge in [0.2, 0.25) is 0 Å². The summed E-state index contributed by atoms with van der Waals surface area (Å²) in [7, 11) is 0. The van der Waals surface area contributed by atoms with E-state index in [0.29, 0.717) is 24.5 Å². The minimum atomic E-state index is -4.76. The van der Waals surface area contributed by atoms with Gasteiger partial charge in [-0.15, -0.1) is 0 Å². The molecule has 1 saturated carbocycles. The van der Waals surface area contributed by atoms with Crippen molar-refractivity contribution in [1.82, 2.24) is 0 Å². The molecule has 0 aromatic heterocycles. The zero-order chi connectivity index (χ0) is 27.8. The second-order valence-corrected chi connectivity index (χ2v) is 9.13. The van der Waals surface area contributed by atoms with Gasteiger partial charge in [-0.25, -0.2) is 13.2 Å². The maximum atomic E-state index is 14.2. The number of nitrogens with one attached hydrogen (secondary N) is 1. The molecular weight excluding hydrogens is 514 g/mol. The number of hydrogen-bond acceptors (Lipinski definition) is 4. The van der Waals surface area contributed by atoms with Gasteiger partial charge in [0.15, 0.2) is 0 Å². The number of carbonyl (C=O) groups excluding carboxylic acids is 1. The molecule has 0 spiro atoms. The van der Waals surface area contributed by atoms with E-state index in [9.17, 15) is 31.1 Å². The van der Waals surface area contributed by atoms with Crippen LogP contribution in [0.1, 0.15) is 57.4 Å². The summed E-state index contributed by atoms with van der Waals surface area (Å²) in [5.74, 6) is -2.85. The number of benzene rings is 3. The molecule has 1 fully saturated rings. The summed E-state index contributed by atoms with van der Waals surface area (Å²) in [5, 5.41) is 11.4. The lowest BCUT2D eigenvalue weighted by Gasteiger charge is -2.20. The molecule has 2 unspecified atom stereocenters. The second kappa shape index (κ2) is 10.7. The number of halogens is 6. The first-order valence-corrected chi connectivity index (χ1v) is 11.7. The first kappa shape index (κ1) is 27.5. The Bertz CT molecular complexity index is 1360. The van der Waals surface area contributed by atoms with E-state index in [0.717, 1.165) is 24.3 Å². The van der Waals surface area contributed by atoms with Gasteiger partial charge in [-0.05, 0) is 85.3 Å². The number of aliphatic hydroxyl groups is 1. The Kier molecular flexibility index (Phi) is 7.70. The zero-order valence-electron chi connectivity index (χ0n) is 20.1. The number of alkyl halides is 4. The van der Waals surface area contributed by atoms with Crippen molar-refractivity contribution < 1.29 is 41.0 Å². The van der Waals surface area contributed by atoms with Crippen molar-refractivity contribution in [3.8, 4) is 11.5 Å². The summed E-state index contributed by atoms with van der Waals surface area (Å²) in [6.45, 7) is 0.575. The van der Waals surface area contributed by atoms with Crippen molar-refractivity contribution in [1.29, 1.82) is 0 Å². The molecule has 38 heavy (non-hydrogen) atoms. The summed E-state index contributed by atoms with van der Waals surface area (Å²) in [6.07, 6.45) is -5.65. The van der Waals surface area contributed by atoms with Crippen LogP contribution in [-0.4, -0.2) is 23.8 Å². The Labute approximate surface area is 214 Å². The van der Waals surface area contributed by atoms with E-state index in [4.69, 9.17) is 15.6 Å². The molecule has 3 aromatic carbocycles.